The first-order valence-electron chi connectivity index (χ1n) is 10.2. The van der Waals surface area contributed by atoms with E-state index in [0.29, 0.717) is 17.6 Å². The van der Waals surface area contributed by atoms with Crippen LogP contribution in [0.2, 0.25) is 0 Å². The SMILES string of the molecule is CC(C)c1ccc(C(=O)N2CCN(C(=O)/C=C(/c3ccccc3)C(F)(F)F)CC2)cc1. The Balaban J connectivity index is 1.66. The van der Waals surface area contributed by atoms with Crippen LogP contribution in [0.3, 0.4) is 0 Å². The van der Waals surface area contributed by atoms with Gasteiger partial charge in [0.25, 0.3) is 5.91 Å². The van der Waals surface area contributed by atoms with Gasteiger partial charge in [-0.05, 0) is 29.2 Å². The molecule has 1 aliphatic rings. The molecule has 2 aromatic rings. The second-order valence-electron chi connectivity index (χ2n) is 7.82. The number of carbonyl (C=O) groups excluding carboxylic acids is 2. The average molecular weight is 430 g/mol. The van der Waals surface area contributed by atoms with Crippen LogP contribution in [-0.2, 0) is 4.79 Å². The highest BCUT2D eigenvalue weighted by molar-refractivity contribution is 5.97. The average Bonchev–Trinajstić information content (AvgIpc) is 2.76. The number of hydrogen-bond donors (Lipinski definition) is 0. The van der Waals surface area contributed by atoms with Crippen LogP contribution in [0, 0.1) is 0 Å². The van der Waals surface area contributed by atoms with E-state index in [2.05, 4.69) is 13.8 Å². The topological polar surface area (TPSA) is 40.6 Å². The summed E-state index contributed by atoms with van der Waals surface area (Å²) < 4.78 is 40.4. The number of hydrogen-bond acceptors (Lipinski definition) is 2. The van der Waals surface area contributed by atoms with Crippen LogP contribution in [-0.4, -0.2) is 54.0 Å². The summed E-state index contributed by atoms with van der Waals surface area (Å²) in [6.07, 6.45) is -3.99. The lowest BCUT2D eigenvalue weighted by atomic mass is 10.0. The van der Waals surface area contributed by atoms with Crippen molar-refractivity contribution in [3.63, 3.8) is 0 Å². The summed E-state index contributed by atoms with van der Waals surface area (Å²) in [5, 5.41) is 0. The molecule has 7 heteroatoms. The number of alkyl halides is 3. The number of carbonyl (C=O) groups is 2. The molecule has 0 aliphatic carbocycles. The van der Waals surface area contributed by atoms with E-state index in [1.54, 1.807) is 23.1 Å². The molecule has 2 aromatic carbocycles. The Hall–Kier alpha value is -3.09. The van der Waals surface area contributed by atoms with Gasteiger partial charge >= 0.3 is 6.18 Å². The third kappa shape index (κ3) is 5.54. The molecule has 1 fully saturated rings. The molecule has 4 nitrogen and oxygen atoms in total. The lowest BCUT2D eigenvalue weighted by molar-refractivity contribution is -0.127. The number of nitrogens with zero attached hydrogens (tertiary/aromatic N) is 2. The lowest BCUT2D eigenvalue weighted by Crippen LogP contribution is -2.50. The van der Waals surface area contributed by atoms with Gasteiger partial charge in [0.05, 0.1) is 5.57 Å². The van der Waals surface area contributed by atoms with Gasteiger partial charge in [0, 0.05) is 37.8 Å². The first-order chi connectivity index (χ1) is 14.7. The molecule has 31 heavy (non-hydrogen) atoms. The van der Waals surface area contributed by atoms with Crippen molar-refractivity contribution >= 4 is 17.4 Å². The second-order valence-corrected chi connectivity index (χ2v) is 7.82. The van der Waals surface area contributed by atoms with Crippen molar-refractivity contribution in [1.82, 2.24) is 9.80 Å². The van der Waals surface area contributed by atoms with E-state index in [-0.39, 0.29) is 37.6 Å². The van der Waals surface area contributed by atoms with E-state index in [4.69, 9.17) is 0 Å². The molecule has 3 rings (SSSR count). The van der Waals surface area contributed by atoms with Gasteiger partial charge in [-0.1, -0.05) is 56.3 Å². The Morgan fingerprint density at radius 3 is 1.90 bits per heavy atom. The maximum Gasteiger partial charge on any atom is 0.417 e. The summed E-state index contributed by atoms with van der Waals surface area (Å²) in [6, 6.07) is 14.7. The fourth-order valence-corrected chi connectivity index (χ4v) is 3.48. The number of halogens is 3. The van der Waals surface area contributed by atoms with Gasteiger partial charge in [-0.3, -0.25) is 9.59 Å². The minimum absolute atomic E-state index is 0.0537. The van der Waals surface area contributed by atoms with Crippen molar-refractivity contribution in [1.29, 1.82) is 0 Å². The highest BCUT2D eigenvalue weighted by Crippen LogP contribution is 2.33. The Morgan fingerprint density at radius 1 is 0.839 bits per heavy atom. The van der Waals surface area contributed by atoms with Crippen LogP contribution in [0.15, 0.2) is 60.7 Å². The van der Waals surface area contributed by atoms with Crippen LogP contribution in [0.25, 0.3) is 5.57 Å². The number of allylic oxidation sites excluding steroid dienone is 1. The Kier molecular flexibility index (Phi) is 6.83. The van der Waals surface area contributed by atoms with Crippen molar-refractivity contribution in [2.75, 3.05) is 26.2 Å². The molecule has 0 N–H and O–H groups in total. The maximum absolute atomic E-state index is 13.5. The van der Waals surface area contributed by atoms with Crippen LogP contribution < -0.4 is 0 Å². The standard InChI is InChI=1S/C24H25F3N2O2/c1-17(2)18-8-10-20(11-9-18)23(31)29-14-12-28(13-15-29)22(30)16-21(24(25,26)27)19-6-4-3-5-7-19/h3-11,16-17H,12-15H2,1-2H3/b21-16-. The number of piperazine rings is 1. The van der Waals surface area contributed by atoms with Crippen molar-refractivity contribution in [2.24, 2.45) is 0 Å². The van der Waals surface area contributed by atoms with Crippen molar-refractivity contribution < 1.29 is 22.8 Å². The smallest absolute Gasteiger partial charge is 0.336 e. The fourth-order valence-electron chi connectivity index (χ4n) is 3.48. The fraction of sp³-hybridized carbons (Fsp3) is 0.333. The summed E-state index contributed by atoms with van der Waals surface area (Å²) in [6.45, 7) is 5.07. The van der Waals surface area contributed by atoms with Crippen LogP contribution >= 0.6 is 0 Å². The number of rotatable bonds is 4. The van der Waals surface area contributed by atoms with E-state index in [1.165, 1.54) is 29.2 Å². The van der Waals surface area contributed by atoms with Gasteiger partial charge in [0.15, 0.2) is 0 Å². The van der Waals surface area contributed by atoms with E-state index in [9.17, 15) is 22.8 Å². The third-order valence-electron chi connectivity index (χ3n) is 5.36. The molecule has 1 saturated heterocycles. The second kappa shape index (κ2) is 9.37. The predicted molar refractivity (Wildman–Crippen MR) is 113 cm³/mol. The van der Waals surface area contributed by atoms with Crippen LogP contribution in [0.1, 0.15) is 41.3 Å². The molecule has 0 unspecified atom stereocenters. The summed E-state index contributed by atoms with van der Waals surface area (Å²) in [7, 11) is 0. The van der Waals surface area contributed by atoms with Gasteiger partial charge in [-0.2, -0.15) is 13.2 Å². The van der Waals surface area contributed by atoms with Crippen LogP contribution in [0.5, 0.6) is 0 Å². The molecule has 0 aromatic heterocycles. The van der Waals surface area contributed by atoms with Crippen molar-refractivity contribution in [2.45, 2.75) is 25.9 Å². The van der Waals surface area contributed by atoms with Crippen LogP contribution in [0.4, 0.5) is 13.2 Å². The highest BCUT2D eigenvalue weighted by atomic mass is 19.4. The molecule has 0 bridgehead atoms. The van der Waals surface area contributed by atoms with Crippen molar-refractivity contribution in [3.05, 3.63) is 77.4 Å². The largest absolute Gasteiger partial charge is 0.417 e. The first kappa shape index (κ1) is 22.6. The van der Waals surface area contributed by atoms with E-state index >= 15 is 0 Å². The summed E-state index contributed by atoms with van der Waals surface area (Å²) in [5.74, 6) is -0.480. The van der Waals surface area contributed by atoms with Gasteiger partial charge in [0.2, 0.25) is 5.91 Å². The molecule has 1 heterocycles. The Labute approximate surface area is 180 Å². The molecule has 0 saturated carbocycles. The first-order valence-corrected chi connectivity index (χ1v) is 10.2. The molecule has 0 spiro atoms. The molecule has 0 radical (unpaired) electrons. The summed E-state index contributed by atoms with van der Waals surface area (Å²) in [4.78, 5) is 28.2. The van der Waals surface area contributed by atoms with Gasteiger partial charge in [-0.15, -0.1) is 0 Å². The number of amides is 2. The summed E-state index contributed by atoms with van der Waals surface area (Å²) >= 11 is 0. The van der Waals surface area contributed by atoms with Gasteiger partial charge in [-0.25, -0.2) is 0 Å². The Bertz CT molecular complexity index is 943. The van der Waals surface area contributed by atoms with E-state index in [0.717, 1.165) is 5.56 Å². The Morgan fingerprint density at radius 2 is 1.39 bits per heavy atom. The third-order valence-corrected chi connectivity index (χ3v) is 5.36. The van der Waals surface area contributed by atoms with Crippen molar-refractivity contribution in [3.8, 4) is 0 Å². The quantitative estimate of drug-likeness (QED) is 0.658. The monoisotopic (exact) mass is 430 g/mol. The molecule has 1 aliphatic heterocycles. The van der Waals surface area contributed by atoms with E-state index in [1.807, 2.05) is 12.1 Å². The molecule has 0 atom stereocenters. The zero-order valence-electron chi connectivity index (χ0n) is 17.5. The summed E-state index contributed by atoms with van der Waals surface area (Å²) in [5.41, 5.74) is 0.675. The highest BCUT2D eigenvalue weighted by Gasteiger charge is 2.36. The molecule has 164 valence electrons. The number of benzene rings is 2. The normalized spacial score (nSPS) is 15.4. The minimum atomic E-state index is -4.64. The predicted octanol–water partition coefficient (Wildman–Crippen LogP) is 4.74. The van der Waals surface area contributed by atoms with Gasteiger partial charge < -0.3 is 9.80 Å². The lowest BCUT2D eigenvalue weighted by Gasteiger charge is -2.34. The molecule has 2 amide bonds. The molecular weight excluding hydrogens is 405 g/mol. The maximum atomic E-state index is 13.5. The van der Waals surface area contributed by atoms with E-state index < -0.39 is 17.7 Å². The van der Waals surface area contributed by atoms with Gasteiger partial charge in [0.1, 0.15) is 0 Å². The zero-order chi connectivity index (χ0) is 22.6. The zero-order valence-corrected chi connectivity index (χ0v) is 17.5. The minimum Gasteiger partial charge on any atom is -0.336 e. The molecular formula is C24H25F3N2O2.